The van der Waals surface area contributed by atoms with Crippen LogP contribution >= 0.6 is 0 Å². The highest BCUT2D eigenvalue weighted by atomic mass is 16.5. The number of allylic oxidation sites excluding steroid dienone is 1. The summed E-state index contributed by atoms with van der Waals surface area (Å²) in [5.74, 6) is 0.0998. The minimum atomic E-state index is -0.188. The van der Waals surface area contributed by atoms with Gasteiger partial charge in [0.1, 0.15) is 6.10 Å². The molecule has 1 aromatic heterocycles. The van der Waals surface area contributed by atoms with Crippen LogP contribution in [0.1, 0.15) is 38.1 Å². The molecular weight excluding hydrogens is 192 g/mol. The zero-order valence-corrected chi connectivity index (χ0v) is 8.88. The van der Waals surface area contributed by atoms with Crippen LogP contribution in [0.3, 0.4) is 0 Å². The molecule has 0 N–H and O–H groups in total. The summed E-state index contributed by atoms with van der Waals surface area (Å²) in [6.07, 6.45) is 4.88. The molecule has 0 bridgehead atoms. The van der Waals surface area contributed by atoms with Gasteiger partial charge in [-0.1, -0.05) is 0 Å². The highest BCUT2D eigenvalue weighted by Crippen LogP contribution is 2.26. The molecule has 80 valence electrons. The Balaban J connectivity index is 2.26. The lowest BCUT2D eigenvalue weighted by Gasteiger charge is -2.21. The average Bonchev–Trinajstić information content (AvgIpc) is 2.65. The van der Waals surface area contributed by atoms with E-state index in [9.17, 15) is 4.79 Å². The number of hydrogen-bond donors (Lipinski definition) is 0. The van der Waals surface area contributed by atoms with Crippen molar-refractivity contribution in [3.63, 3.8) is 0 Å². The summed E-state index contributed by atoms with van der Waals surface area (Å²) in [6, 6.07) is 2.18. The topological polar surface area (TPSA) is 44.1 Å². The molecule has 0 aliphatic carbocycles. The number of ether oxygens (including phenoxy) is 1. The lowest BCUT2D eigenvalue weighted by Crippen LogP contribution is -2.17. The quantitative estimate of drug-likeness (QED) is 0.743. The summed E-state index contributed by atoms with van der Waals surface area (Å²) < 4.78 is 7.31. The molecule has 2 rings (SSSR count). The van der Waals surface area contributed by atoms with Crippen LogP contribution in [-0.2, 0) is 9.53 Å². The third-order valence-electron chi connectivity index (χ3n) is 2.40. The van der Waals surface area contributed by atoms with Crippen molar-refractivity contribution in [2.45, 2.75) is 32.4 Å². The summed E-state index contributed by atoms with van der Waals surface area (Å²) in [5, 5.41) is 4.22. The maximum atomic E-state index is 11.3. The predicted octanol–water partition coefficient (Wildman–Crippen LogP) is 2.01. The van der Waals surface area contributed by atoms with Gasteiger partial charge in [0, 0.05) is 18.3 Å². The van der Waals surface area contributed by atoms with E-state index >= 15 is 0 Å². The van der Waals surface area contributed by atoms with E-state index in [1.807, 2.05) is 10.7 Å². The molecule has 0 spiro atoms. The fourth-order valence-electron chi connectivity index (χ4n) is 1.69. The molecule has 1 aliphatic heterocycles. The Morgan fingerprint density at radius 3 is 3.07 bits per heavy atom. The van der Waals surface area contributed by atoms with Crippen LogP contribution in [-0.4, -0.2) is 15.6 Å². The smallest absolute Gasteiger partial charge is 0.162 e. The molecular formula is C11H14N2O2. The number of hydrogen-bond acceptors (Lipinski definition) is 3. The number of nitrogens with zero attached hydrogens (tertiary/aromatic N) is 2. The zero-order valence-electron chi connectivity index (χ0n) is 8.88. The van der Waals surface area contributed by atoms with E-state index in [2.05, 4.69) is 18.9 Å². The highest BCUT2D eigenvalue weighted by molar-refractivity contribution is 5.90. The molecule has 1 aliphatic rings. The van der Waals surface area contributed by atoms with E-state index in [0.717, 1.165) is 5.69 Å². The van der Waals surface area contributed by atoms with Gasteiger partial charge in [0.15, 0.2) is 5.78 Å². The van der Waals surface area contributed by atoms with Gasteiger partial charge in [-0.2, -0.15) is 5.10 Å². The van der Waals surface area contributed by atoms with E-state index in [1.54, 1.807) is 6.20 Å². The van der Waals surface area contributed by atoms with Crippen LogP contribution in [0.4, 0.5) is 0 Å². The minimum Gasteiger partial charge on any atom is -0.491 e. The lowest BCUT2D eigenvalue weighted by atomic mass is 10.1. The Hall–Kier alpha value is -1.58. The van der Waals surface area contributed by atoms with E-state index in [1.165, 1.54) is 12.3 Å². The molecule has 0 fully saturated rings. The van der Waals surface area contributed by atoms with Gasteiger partial charge in [-0.25, -0.2) is 0 Å². The Morgan fingerprint density at radius 1 is 1.60 bits per heavy atom. The number of aromatic nitrogens is 2. The molecule has 1 aromatic rings. The lowest BCUT2D eigenvalue weighted by molar-refractivity contribution is -0.118. The third kappa shape index (κ3) is 1.93. The minimum absolute atomic E-state index is 0.0998. The van der Waals surface area contributed by atoms with Gasteiger partial charge >= 0.3 is 0 Å². The number of carbonyl (C=O) groups is 1. The maximum absolute atomic E-state index is 11.3. The van der Waals surface area contributed by atoms with Gasteiger partial charge in [-0.15, -0.1) is 0 Å². The molecule has 1 atom stereocenters. The Bertz CT molecular complexity index is 393. The van der Waals surface area contributed by atoms with Crippen LogP contribution in [0.15, 0.2) is 24.6 Å². The first-order chi connectivity index (χ1) is 7.18. The van der Waals surface area contributed by atoms with Crippen molar-refractivity contribution in [3.8, 4) is 0 Å². The Labute approximate surface area is 88.5 Å². The van der Waals surface area contributed by atoms with E-state index < -0.39 is 0 Å². The third-order valence-corrected chi connectivity index (χ3v) is 2.40. The molecule has 2 heterocycles. The fourth-order valence-corrected chi connectivity index (χ4v) is 1.69. The maximum Gasteiger partial charge on any atom is 0.162 e. The number of carbonyl (C=O) groups excluding carboxylic acids is 1. The molecule has 0 amide bonds. The van der Waals surface area contributed by atoms with E-state index in [4.69, 9.17) is 4.74 Å². The monoisotopic (exact) mass is 206 g/mol. The van der Waals surface area contributed by atoms with Crippen molar-refractivity contribution in [2.75, 3.05) is 0 Å². The first-order valence-corrected chi connectivity index (χ1v) is 5.06. The summed E-state index contributed by atoms with van der Waals surface area (Å²) >= 11 is 0. The second-order valence-corrected chi connectivity index (χ2v) is 3.89. The molecule has 4 heteroatoms. The zero-order chi connectivity index (χ0) is 10.8. The van der Waals surface area contributed by atoms with Gasteiger partial charge in [0.2, 0.25) is 0 Å². The Kier molecular flexibility index (Phi) is 2.58. The van der Waals surface area contributed by atoms with Crippen LogP contribution in [0.5, 0.6) is 0 Å². The Morgan fingerprint density at radius 2 is 2.40 bits per heavy atom. The summed E-state index contributed by atoms with van der Waals surface area (Å²) in [4.78, 5) is 11.3. The van der Waals surface area contributed by atoms with Crippen LogP contribution in [0, 0.1) is 0 Å². The first kappa shape index (κ1) is 9.96. The van der Waals surface area contributed by atoms with Gasteiger partial charge in [-0.05, 0) is 19.9 Å². The fraction of sp³-hybridized carbons (Fsp3) is 0.455. The summed E-state index contributed by atoms with van der Waals surface area (Å²) in [5.41, 5.74) is 0.961. The SMILES string of the molecule is CC(C)n1nccc1C1CC(=O)C=CO1. The number of rotatable bonds is 2. The average molecular weight is 206 g/mol. The van der Waals surface area contributed by atoms with Crippen LogP contribution < -0.4 is 0 Å². The molecule has 4 nitrogen and oxygen atoms in total. The van der Waals surface area contributed by atoms with Crippen molar-refractivity contribution in [1.29, 1.82) is 0 Å². The van der Waals surface area contributed by atoms with Crippen molar-refractivity contribution in [1.82, 2.24) is 9.78 Å². The molecule has 15 heavy (non-hydrogen) atoms. The second-order valence-electron chi connectivity index (χ2n) is 3.89. The normalized spacial score (nSPS) is 20.7. The molecule has 0 saturated heterocycles. The van der Waals surface area contributed by atoms with Gasteiger partial charge in [-0.3, -0.25) is 9.48 Å². The second kappa shape index (κ2) is 3.88. The van der Waals surface area contributed by atoms with Gasteiger partial charge < -0.3 is 4.74 Å². The largest absolute Gasteiger partial charge is 0.491 e. The van der Waals surface area contributed by atoms with E-state index in [0.29, 0.717) is 6.42 Å². The van der Waals surface area contributed by atoms with Crippen molar-refractivity contribution < 1.29 is 9.53 Å². The first-order valence-electron chi connectivity index (χ1n) is 5.06. The van der Waals surface area contributed by atoms with Crippen molar-refractivity contribution >= 4 is 5.78 Å². The molecule has 0 saturated carbocycles. The van der Waals surface area contributed by atoms with Crippen molar-refractivity contribution in [3.05, 3.63) is 30.3 Å². The highest BCUT2D eigenvalue weighted by Gasteiger charge is 2.22. The van der Waals surface area contributed by atoms with Gasteiger partial charge in [0.05, 0.1) is 18.4 Å². The summed E-state index contributed by atoms with van der Waals surface area (Å²) in [6.45, 7) is 4.11. The molecule has 0 radical (unpaired) electrons. The van der Waals surface area contributed by atoms with Crippen molar-refractivity contribution in [2.24, 2.45) is 0 Å². The number of ketones is 1. The summed E-state index contributed by atoms with van der Waals surface area (Å²) in [7, 11) is 0. The molecule has 1 unspecified atom stereocenters. The standard InChI is InChI=1S/C11H14N2O2/c1-8(2)13-10(3-5-12-13)11-7-9(14)4-6-15-11/h3-6,8,11H,7H2,1-2H3. The predicted molar refractivity (Wildman–Crippen MR) is 55.2 cm³/mol. The van der Waals surface area contributed by atoms with Crippen LogP contribution in [0.25, 0.3) is 0 Å². The van der Waals surface area contributed by atoms with Gasteiger partial charge in [0.25, 0.3) is 0 Å². The van der Waals surface area contributed by atoms with Crippen LogP contribution in [0.2, 0.25) is 0 Å². The van der Waals surface area contributed by atoms with E-state index in [-0.39, 0.29) is 17.9 Å². The molecule has 0 aromatic carbocycles.